The van der Waals surface area contributed by atoms with Crippen LogP contribution < -0.4 is 4.74 Å². The second kappa shape index (κ2) is 8.44. The lowest BCUT2D eigenvalue weighted by molar-refractivity contribution is 0.0731. The predicted molar refractivity (Wildman–Crippen MR) is 107 cm³/mol. The Labute approximate surface area is 164 Å². The average Bonchev–Trinajstić information content (AvgIpc) is 3.03. The van der Waals surface area contributed by atoms with Gasteiger partial charge in [0.15, 0.2) is 17.1 Å². The topological polar surface area (TPSA) is 58.8 Å². The van der Waals surface area contributed by atoms with Crippen molar-refractivity contribution < 1.29 is 13.9 Å². The fourth-order valence-corrected chi connectivity index (χ4v) is 3.65. The van der Waals surface area contributed by atoms with Crippen molar-refractivity contribution in [1.29, 1.82) is 0 Å². The van der Waals surface area contributed by atoms with Crippen molar-refractivity contribution in [2.24, 2.45) is 0 Å². The Balaban J connectivity index is 1.45. The number of ether oxygens (including phenoxy) is 1. The third kappa shape index (κ3) is 4.02. The van der Waals surface area contributed by atoms with Crippen LogP contribution in [0.4, 0.5) is 0 Å². The van der Waals surface area contributed by atoms with Crippen molar-refractivity contribution in [3.63, 3.8) is 0 Å². The third-order valence-electron chi connectivity index (χ3n) is 5.05. The number of rotatable bonds is 5. The molecule has 1 amide bonds. The molecule has 1 saturated heterocycles. The van der Waals surface area contributed by atoms with Crippen LogP contribution in [0.5, 0.6) is 5.75 Å². The normalized spacial score (nSPS) is 15.5. The molecule has 28 heavy (non-hydrogen) atoms. The monoisotopic (exact) mass is 379 g/mol. The van der Waals surface area contributed by atoms with Crippen molar-refractivity contribution in [2.75, 3.05) is 32.8 Å². The molecule has 0 aliphatic carbocycles. The molecule has 0 N–H and O–H groups in total. The van der Waals surface area contributed by atoms with Crippen molar-refractivity contribution in [3.8, 4) is 5.75 Å². The molecule has 1 aliphatic rings. The Morgan fingerprint density at radius 3 is 2.82 bits per heavy atom. The molecular formula is C22H25N3O3. The number of furan rings is 1. The minimum Gasteiger partial charge on any atom is -0.490 e. The summed E-state index contributed by atoms with van der Waals surface area (Å²) in [4.78, 5) is 21.4. The Morgan fingerprint density at radius 2 is 2.00 bits per heavy atom. The van der Waals surface area contributed by atoms with Gasteiger partial charge in [-0.3, -0.25) is 14.7 Å². The van der Waals surface area contributed by atoms with Crippen molar-refractivity contribution in [2.45, 2.75) is 19.9 Å². The number of carbonyl (C=O) groups excluding carboxylic acids is 1. The van der Waals surface area contributed by atoms with Gasteiger partial charge in [-0.15, -0.1) is 0 Å². The molecule has 4 rings (SSSR count). The SMILES string of the molecule is CCOc1cccc2cc(C(=O)N3CCCN(Cc4ccncc4)CC3)oc12. The molecule has 146 valence electrons. The summed E-state index contributed by atoms with van der Waals surface area (Å²) in [5, 5.41) is 0.892. The standard InChI is InChI=1S/C22H25N3O3/c1-2-27-19-6-3-5-18-15-20(28-21(18)19)22(26)25-12-4-11-24(13-14-25)16-17-7-9-23-10-8-17/h3,5-10,15H,2,4,11-14,16H2,1H3. The van der Waals surface area contributed by atoms with E-state index in [1.54, 1.807) is 0 Å². The number of carbonyl (C=O) groups is 1. The summed E-state index contributed by atoms with van der Waals surface area (Å²) in [6.45, 7) is 6.62. The molecule has 1 aromatic carbocycles. The quantitative estimate of drug-likeness (QED) is 0.678. The maximum Gasteiger partial charge on any atom is 0.289 e. The van der Waals surface area contributed by atoms with Gasteiger partial charge in [0, 0.05) is 50.5 Å². The Morgan fingerprint density at radius 1 is 1.14 bits per heavy atom. The van der Waals surface area contributed by atoms with Gasteiger partial charge >= 0.3 is 0 Å². The number of benzene rings is 1. The molecule has 0 radical (unpaired) electrons. The van der Waals surface area contributed by atoms with Gasteiger partial charge in [0.1, 0.15) is 0 Å². The molecule has 3 heterocycles. The molecule has 1 aliphatic heterocycles. The first-order valence-electron chi connectivity index (χ1n) is 9.80. The van der Waals surface area contributed by atoms with Crippen LogP contribution in [0.25, 0.3) is 11.0 Å². The van der Waals surface area contributed by atoms with Crippen LogP contribution in [0.15, 0.2) is 53.2 Å². The fourth-order valence-electron chi connectivity index (χ4n) is 3.65. The summed E-state index contributed by atoms with van der Waals surface area (Å²) in [7, 11) is 0. The van der Waals surface area contributed by atoms with E-state index in [-0.39, 0.29) is 5.91 Å². The van der Waals surface area contributed by atoms with E-state index in [0.717, 1.165) is 38.0 Å². The highest BCUT2D eigenvalue weighted by molar-refractivity contribution is 5.97. The Kier molecular flexibility index (Phi) is 5.58. The van der Waals surface area contributed by atoms with Gasteiger partial charge in [-0.1, -0.05) is 12.1 Å². The second-order valence-corrected chi connectivity index (χ2v) is 7.00. The summed E-state index contributed by atoms with van der Waals surface area (Å²) in [6.07, 6.45) is 4.59. The lowest BCUT2D eigenvalue weighted by atomic mass is 10.2. The summed E-state index contributed by atoms with van der Waals surface area (Å²) >= 11 is 0. The number of amides is 1. The Bertz CT molecular complexity index is 939. The first kappa shape index (κ1) is 18.5. The lowest BCUT2D eigenvalue weighted by Crippen LogP contribution is -2.34. The van der Waals surface area contributed by atoms with Gasteiger partial charge < -0.3 is 14.1 Å². The molecule has 6 nitrogen and oxygen atoms in total. The van der Waals surface area contributed by atoms with Crippen molar-refractivity contribution in [3.05, 3.63) is 60.1 Å². The highest BCUT2D eigenvalue weighted by atomic mass is 16.5. The second-order valence-electron chi connectivity index (χ2n) is 7.00. The molecule has 0 spiro atoms. The van der Waals surface area contributed by atoms with Crippen LogP contribution in [0.1, 0.15) is 29.5 Å². The van der Waals surface area contributed by atoms with Crippen LogP contribution in [0, 0.1) is 0 Å². The molecule has 0 unspecified atom stereocenters. The summed E-state index contributed by atoms with van der Waals surface area (Å²) in [6, 6.07) is 11.6. The van der Waals surface area contributed by atoms with Crippen molar-refractivity contribution in [1.82, 2.24) is 14.8 Å². The zero-order valence-electron chi connectivity index (χ0n) is 16.1. The van der Waals surface area contributed by atoms with E-state index in [9.17, 15) is 4.79 Å². The van der Waals surface area contributed by atoms with Crippen LogP contribution in [-0.2, 0) is 6.54 Å². The number of nitrogens with zero attached hydrogens (tertiary/aromatic N) is 3. The van der Waals surface area contributed by atoms with E-state index in [4.69, 9.17) is 9.15 Å². The molecule has 3 aromatic rings. The zero-order valence-corrected chi connectivity index (χ0v) is 16.1. The van der Waals surface area contributed by atoms with Gasteiger partial charge in [0.25, 0.3) is 5.91 Å². The largest absolute Gasteiger partial charge is 0.490 e. The summed E-state index contributed by atoms with van der Waals surface area (Å²) in [5.41, 5.74) is 1.89. The summed E-state index contributed by atoms with van der Waals surface area (Å²) in [5.74, 6) is 1.01. The first-order valence-corrected chi connectivity index (χ1v) is 9.80. The van der Waals surface area contributed by atoms with E-state index >= 15 is 0 Å². The lowest BCUT2D eigenvalue weighted by Gasteiger charge is -2.21. The van der Waals surface area contributed by atoms with Gasteiger partial charge in [-0.2, -0.15) is 0 Å². The van der Waals surface area contributed by atoms with Crippen LogP contribution in [0.2, 0.25) is 0 Å². The van der Waals surface area contributed by atoms with Gasteiger partial charge in [0.05, 0.1) is 6.61 Å². The molecule has 2 aromatic heterocycles. The summed E-state index contributed by atoms with van der Waals surface area (Å²) < 4.78 is 11.5. The highest BCUT2D eigenvalue weighted by Gasteiger charge is 2.23. The zero-order chi connectivity index (χ0) is 19.3. The number of hydrogen-bond donors (Lipinski definition) is 0. The fraction of sp³-hybridized carbons (Fsp3) is 0.364. The first-order chi connectivity index (χ1) is 13.7. The number of aromatic nitrogens is 1. The van der Waals surface area contributed by atoms with E-state index in [2.05, 4.69) is 9.88 Å². The predicted octanol–water partition coefficient (Wildman–Crippen LogP) is 3.57. The highest BCUT2D eigenvalue weighted by Crippen LogP contribution is 2.29. The number of pyridine rings is 1. The van der Waals surface area contributed by atoms with Crippen LogP contribution in [0.3, 0.4) is 0 Å². The average molecular weight is 379 g/mol. The Hall–Kier alpha value is -2.86. The van der Waals surface area contributed by atoms with E-state index < -0.39 is 0 Å². The number of para-hydroxylation sites is 1. The van der Waals surface area contributed by atoms with E-state index in [1.807, 2.05) is 60.6 Å². The number of hydrogen-bond acceptors (Lipinski definition) is 5. The van der Waals surface area contributed by atoms with Crippen molar-refractivity contribution >= 4 is 16.9 Å². The maximum atomic E-state index is 13.0. The van der Waals surface area contributed by atoms with E-state index in [0.29, 0.717) is 30.2 Å². The number of fused-ring (bicyclic) bond motifs is 1. The van der Waals surface area contributed by atoms with Crippen LogP contribution in [-0.4, -0.2) is 53.5 Å². The van der Waals surface area contributed by atoms with Gasteiger partial charge in [0.2, 0.25) is 0 Å². The molecule has 0 bridgehead atoms. The minimum absolute atomic E-state index is 0.0515. The van der Waals surface area contributed by atoms with Gasteiger partial charge in [-0.05, 0) is 43.2 Å². The molecule has 6 heteroatoms. The molecule has 1 fully saturated rings. The van der Waals surface area contributed by atoms with Gasteiger partial charge in [-0.25, -0.2) is 0 Å². The molecule has 0 saturated carbocycles. The van der Waals surface area contributed by atoms with Crippen LogP contribution >= 0.6 is 0 Å². The van der Waals surface area contributed by atoms with E-state index in [1.165, 1.54) is 5.56 Å². The molecular weight excluding hydrogens is 354 g/mol. The third-order valence-corrected chi connectivity index (χ3v) is 5.05. The maximum absolute atomic E-state index is 13.0. The molecule has 0 atom stereocenters. The minimum atomic E-state index is -0.0515. The smallest absolute Gasteiger partial charge is 0.289 e.